The number of carboxylic acids is 1. The molecule has 2 aromatic carbocycles. The van der Waals surface area contributed by atoms with E-state index in [4.69, 9.17) is 0 Å². The molecule has 4 aromatic rings. The molecule has 2 heterocycles. The van der Waals surface area contributed by atoms with Crippen LogP contribution in [0.2, 0.25) is 0 Å². The monoisotopic (exact) mass is 540 g/mol. The second kappa shape index (κ2) is 10.3. The van der Waals surface area contributed by atoms with Crippen LogP contribution in [0.25, 0.3) is 22.7 Å². The molecule has 0 spiro atoms. The van der Waals surface area contributed by atoms with Gasteiger partial charge in [0.2, 0.25) is 5.78 Å². The molecule has 2 aromatic heterocycles. The maximum Gasteiger partial charge on any atom is 0.306 e. The summed E-state index contributed by atoms with van der Waals surface area (Å²) in [4.78, 5) is 43.3. The molecule has 9 heteroatoms. The van der Waals surface area contributed by atoms with Gasteiger partial charge in [-0.1, -0.05) is 60.2 Å². The van der Waals surface area contributed by atoms with Crippen LogP contribution in [-0.2, 0) is 16.9 Å². The number of rotatable bonds is 7. The summed E-state index contributed by atoms with van der Waals surface area (Å²) in [5.74, 6) is -0.908. The molecule has 0 aliphatic heterocycles. The van der Waals surface area contributed by atoms with Gasteiger partial charge in [-0.3, -0.25) is 14.4 Å². The van der Waals surface area contributed by atoms with E-state index in [2.05, 4.69) is 10.1 Å². The van der Waals surface area contributed by atoms with Crippen molar-refractivity contribution in [1.29, 1.82) is 0 Å². The molecule has 1 aliphatic rings. The molecule has 40 heavy (non-hydrogen) atoms. The van der Waals surface area contributed by atoms with Crippen LogP contribution in [0.1, 0.15) is 65.9 Å². The van der Waals surface area contributed by atoms with Gasteiger partial charge >= 0.3 is 5.97 Å². The van der Waals surface area contributed by atoms with Gasteiger partial charge in [-0.05, 0) is 58.1 Å². The number of ketones is 1. The standard InChI is InChI=1S/C31H32N4O5/c1-18-5-7-20(8-6-18)25(36)17-34-19(2)26(21-9-11-23(12-10-21)29(38)39)28(37)35-30(34)32-27(33-35)22-13-15-24(16-14-22)31(3,4)40/h5-9,13-16,23,40H,10-12,17H2,1-4H3,(H,38,39). The van der Waals surface area contributed by atoms with Crippen LogP contribution >= 0.6 is 0 Å². The summed E-state index contributed by atoms with van der Waals surface area (Å²) in [5.41, 5.74) is 3.36. The van der Waals surface area contributed by atoms with Crippen LogP contribution in [0.15, 0.2) is 59.4 Å². The molecule has 0 radical (unpaired) electrons. The number of Topliss-reactive ketones (excluding diaryl/α,β-unsaturated/α-hetero) is 1. The van der Waals surface area contributed by atoms with Crippen LogP contribution in [0, 0.1) is 19.8 Å². The van der Waals surface area contributed by atoms with Gasteiger partial charge in [-0.2, -0.15) is 9.50 Å². The highest BCUT2D eigenvalue weighted by Gasteiger charge is 2.27. The van der Waals surface area contributed by atoms with Gasteiger partial charge < -0.3 is 14.8 Å². The fourth-order valence-electron chi connectivity index (χ4n) is 5.13. The molecule has 2 N–H and O–H groups in total. The number of carbonyl (C=O) groups is 2. The van der Waals surface area contributed by atoms with Gasteiger partial charge in [0.1, 0.15) is 0 Å². The molecule has 0 bridgehead atoms. The van der Waals surface area contributed by atoms with E-state index in [1.54, 1.807) is 61.7 Å². The van der Waals surface area contributed by atoms with E-state index in [0.717, 1.165) is 16.7 Å². The summed E-state index contributed by atoms with van der Waals surface area (Å²) in [6.45, 7) is 7.09. The molecule has 5 rings (SSSR count). The van der Waals surface area contributed by atoms with E-state index in [1.807, 2.05) is 25.1 Å². The number of hydrogen-bond donors (Lipinski definition) is 2. The average Bonchev–Trinajstić information content (AvgIpc) is 3.37. The van der Waals surface area contributed by atoms with Gasteiger partial charge in [0.15, 0.2) is 11.6 Å². The van der Waals surface area contributed by atoms with E-state index in [-0.39, 0.29) is 23.7 Å². The van der Waals surface area contributed by atoms with Gasteiger partial charge in [0.25, 0.3) is 5.56 Å². The van der Waals surface area contributed by atoms with Crippen LogP contribution < -0.4 is 5.56 Å². The molecule has 0 saturated carbocycles. The Morgan fingerprint density at radius 2 is 1.73 bits per heavy atom. The summed E-state index contributed by atoms with van der Waals surface area (Å²) in [6.07, 6.45) is 3.01. The fourth-order valence-corrected chi connectivity index (χ4v) is 5.13. The molecule has 0 amide bonds. The zero-order chi connectivity index (χ0) is 28.8. The van der Waals surface area contributed by atoms with Crippen molar-refractivity contribution >= 4 is 23.1 Å². The predicted octanol–water partition coefficient (Wildman–Crippen LogP) is 4.55. The Kier molecular flexibility index (Phi) is 7.01. The topological polar surface area (TPSA) is 127 Å². The van der Waals surface area contributed by atoms with E-state index >= 15 is 0 Å². The van der Waals surface area contributed by atoms with Gasteiger partial charge in [0.05, 0.1) is 23.6 Å². The molecule has 206 valence electrons. The largest absolute Gasteiger partial charge is 0.481 e. The second-order valence-electron chi connectivity index (χ2n) is 11.0. The number of aliphatic carboxylic acids is 1. The van der Waals surface area contributed by atoms with Gasteiger partial charge in [-0.15, -0.1) is 5.10 Å². The van der Waals surface area contributed by atoms with Crippen molar-refractivity contribution in [2.45, 2.75) is 59.1 Å². The van der Waals surface area contributed by atoms with Crippen molar-refractivity contribution in [3.63, 3.8) is 0 Å². The van der Waals surface area contributed by atoms with E-state index in [1.165, 1.54) is 4.52 Å². The first-order valence-corrected chi connectivity index (χ1v) is 13.3. The van der Waals surface area contributed by atoms with Crippen LogP contribution in [0.3, 0.4) is 0 Å². The van der Waals surface area contributed by atoms with Crippen molar-refractivity contribution in [2.75, 3.05) is 0 Å². The van der Waals surface area contributed by atoms with Crippen LogP contribution in [-0.4, -0.2) is 41.1 Å². The SMILES string of the molecule is Cc1ccc(C(=O)Cn2c(C)c(C3=CCC(C(=O)O)CC3)c(=O)n3nc(-c4ccc(C(C)(C)O)cc4)nc23)cc1. The number of aliphatic hydroxyl groups is 1. The lowest BCUT2D eigenvalue weighted by Crippen LogP contribution is -2.28. The summed E-state index contributed by atoms with van der Waals surface area (Å²) in [7, 11) is 0. The van der Waals surface area contributed by atoms with Gasteiger partial charge in [0, 0.05) is 16.8 Å². The minimum atomic E-state index is -1.01. The number of carbonyl (C=O) groups excluding carboxylic acids is 1. The minimum Gasteiger partial charge on any atom is -0.481 e. The number of allylic oxidation sites excluding steroid dienone is 2. The Balaban J connectivity index is 1.65. The van der Waals surface area contributed by atoms with E-state index in [9.17, 15) is 24.6 Å². The first-order chi connectivity index (χ1) is 18.9. The molecular weight excluding hydrogens is 508 g/mol. The van der Waals surface area contributed by atoms with Crippen molar-refractivity contribution in [1.82, 2.24) is 19.2 Å². The molecule has 1 atom stereocenters. The minimum absolute atomic E-state index is 0.0491. The van der Waals surface area contributed by atoms with Crippen LogP contribution in [0.5, 0.6) is 0 Å². The Hall–Kier alpha value is -4.37. The number of hydrogen-bond acceptors (Lipinski definition) is 6. The maximum atomic E-state index is 13.8. The summed E-state index contributed by atoms with van der Waals surface area (Å²) < 4.78 is 2.94. The lowest BCUT2D eigenvalue weighted by molar-refractivity contribution is -0.141. The highest BCUT2D eigenvalue weighted by atomic mass is 16.4. The van der Waals surface area contributed by atoms with Crippen LogP contribution in [0.4, 0.5) is 0 Å². The quantitative estimate of drug-likeness (QED) is 0.329. The first kappa shape index (κ1) is 27.2. The van der Waals surface area contributed by atoms with E-state index < -0.39 is 17.5 Å². The van der Waals surface area contributed by atoms with Crippen molar-refractivity contribution in [3.05, 3.63) is 92.9 Å². The third-order valence-corrected chi connectivity index (χ3v) is 7.61. The highest BCUT2D eigenvalue weighted by Crippen LogP contribution is 2.31. The number of carboxylic acid groups (broad SMARTS) is 1. The molecule has 1 aliphatic carbocycles. The lowest BCUT2D eigenvalue weighted by Gasteiger charge is -2.21. The number of aryl methyl sites for hydroxylation is 1. The number of fused-ring (bicyclic) bond motifs is 1. The normalized spacial score (nSPS) is 15.7. The predicted molar refractivity (Wildman–Crippen MR) is 151 cm³/mol. The highest BCUT2D eigenvalue weighted by molar-refractivity contribution is 5.96. The maximum absolute atomic E-state index is 13.8. The average molecular weight is 541 g/mol. The molecule has 0 fully saturated rings. The zero-order valence-electron chi connectivity index (χ0n) is 23.0. The smallest absolute Gasteiger partial charge is 0.306 e. The van der Waals surface area contributed by atoms with Crippen molar-refractivity contribution in [3.8, 4) is 11.4 Å². The summed E-state index contributed by atoms with van der Waals surface area (Å²) in [6, 6.07) is 14.5. The molecule has 1 unspecified atom stereocenters. The Morgan fingerprint density at radius 1 is 1.05 bits per heavy atom. The van der Waals surface area contributed by atoms with Gasteiger partial charge in [-0.25, -0.2) is 0 Å². The third kappa shape index (κ3) is 5.12. The lowest BCUT2D eigenvalue weighted by atomic mass is 9.86. The molecular formula is C31H32N4O5. The van der Waals surface area contributed by atoms with Crippen molar-refractivity contribution in [2.24, 2.45) is 5.92 Å². The Bertz CT molecular complexity index is 1700. The zero-order valence-corrected chi connectivity index (χ0v) is 23.0. The Morgan fingerprint density at radius 3 is 2.30 bits per heavy atom. The fraction of sp³-hybridized carbons (Fsp3) is 0.323. The first-order valence-electron chi connectivity index (χ1n) is 13.3. The summed E-state index contributed by atoms with van der Waals surface area (Å²) in [5, 5.41) is 24.3. The third-order valence-electron chi connectivity index (χ3n) is 7.61. The Labute approximate surface area is 231 Å². The number of aromatic nitrogens is 4. The molecule has 9 nitrogen and oxygen atoms in total. The van der Waals surface area contributed by atoms with E-state index in [0.29, 0.717) is 47.5 Å². The summed E-state index contributed by atoms with van der Waals surface area (Å²) >= 11 is 0. The molecule has 0 saturated heterocycles. The number of nitrogens with zero attached hydrogens (tertiary/aromatic N) is 4. The van der Waals surface area contributed by atoms with Crippen molar-refractivity contribution < 1.29 is 19.8 Å². The second-order valence-corrected chi connectivity index (χ2v) is 11.0. The number of benzene rings is 2.